The second-order valence-corrected chi connectivity index (χ2v) is 11.4. The Bertz CT molecular complexity index is 2180. The molecule has 2 aromatic heterocycles. The minimum Gasteiger partial charge on any atom is -0.463 e. The Kier molecular flexibility index (Phi) is 7.86. The van der Waals surface area contributed by atoms with Crippen LogP contribution in [-0.4, -0.2) is 22.1 Å². The fourth-order valence-electron chi connectivity index (χ4n) is 5.29. The van der Waals surface area contributed by atoms with E-state index in [-0.39, 0.29) is 22.4 Å². The van der Waals surface area contributed by atoms with Gasteiger partial charge in [-0.25, -0.2) is 14.2 Å². The van der Waals surface area contributed by atoms with Crippen molar-refractivity contribution in [3.8, 4) is 11.3 Å². The Morgan fingerprint density at radius 1 is 1.09 bits per heavy atom. The normalized spacial score (nSPS) is 14.7. The number of thiazole rings is 1. The molecule has 0 bridgehead atoms. The molecule has 0 saturated carbocycles. The number of carbonyl (C=O) groups excluding carboxylic acids is 1. The minimum absolute atomic E-state index is 0.0105. The molecular formula is C34H26FN3O6S. The van der Waals surface area contributed by atoms with Gasteiger partial charge in [-0.05, 0) is 62.2 Å². The number of carbonyl (C=O) groups is 1. The molecule has 9 nitrogen and oxygen atoms in total. The summed E-state index contributed by atoms with van der Waals surface area (Å²) in [6.07, 6.45) is 1.57. The van der Waals surface area contributed by atoms with Gasteiger partial charge in [0.1, 0.15) is 17.3 Å². The van der Waals surface area contributed by atoms with E-state index in [1.165, 1.54) is 34.9 Å². The van der Waals surface area contributed by atoms with Gasteiger partial charge in [-0.3, -0.25) is 19.5 Å². The van der Waals surface area contributed by atoms with Crippen LogP contribution in [0.2, 0.25) is 0 Å². The average Bonchev–Trinajstić information content (AvgIpc) is 3.62. The number of nitro benzene ring substituents is 1. The second-order valence-electron chi connectivity index (χ2n) is 10.4. The molecule has 11 heteroatoms. The fraction of sp³-hybridized carbons (Fsp3) is 0.147. The van der Waals surface area contributed by atoms with Crippen LogP contribution in [0.25, 0.3) is 23.1 Å². The lowest BCUT2D eigenvalue weighted by atomic mass is 9.93. The Labute approximate surface area is 260 Å². The van der Waals surface area contributed by atoms with E-state index in [4.69, 9.17) is 14.1 Å². The lowest BCUT2D eigenvalue weighted by Crippen LogP contribution is -2.40. The van der Waals surface area contributed by atoms with Crippen LogP contribution in [0.1, 0.15) is 41.0 Å². The highest BCUT2D eigenvalue weighted by atomic mass is 32.1. The molecule has 0 saturated heterocycles. The number of benzene rings is 3. The number of aromatic nitrogens is 1. The maximum Gasteiger partial charge on any atom is 0.338 e. The van der Waals surface area contributed by atoms with Crippen molar-refractivity contribution in [1.29, 1.82) is 0 Å². The number of hydrogen-bond donors (Lipinski definition) is 0. The summed E-state index contributed by atoms with van der Waals surface area (Å²) in [5, 5.41) is 11.6. The molecule has 3 aromatic carbocycles. The third kappa shape index (κ3) is 5.53. The van der Waals surface area contributed by atoms with Gasteiger partial charge in [0.05, 0.1) is 33.4 Å². The lowest BCUT2D eigenvalue weighted by molar-refractivity contribution is -0.385. The van der Waals surface area contributed by atoms with Crippen LogP contribution >= 0.6 is 11.3 Å². The number of aryl methyl sites for hydroxylation is 1. The first-order valence-electron chi connectivity index (χ1n) is 14.1. The van der Waals surface area contributed by atoms with Crippen molar-refractivity contribution < 1.29 is 23.3 Å². The lowest BCUT2D eigenvalue weighted by Gasteiger charge is -2.25. The van der Waals surface area contributed by atoms with E-state index in [1.54, 1.807) is 39.0 Å². The average molecular weight is 624 g/mol. The molecule has 45 heavy (non-hydrogen) atoms. The highest BCUT2D eigenvalue weighted by molar-refractivity contribution is 7.07. The zero-order valence-electron chi connectivity index (χ0n) is 24.4. The van der Waals surface area contributed by atoms with Gasteiger partial charge < -0.3 is 9.15 Å². The van der Waals surface area contributed by atoms with Crippen LogP contribution in [0, 0.1) is 29.8 Å². The SMILES string of the molecule is CCOC(=O)C1=C(c2ccccc2)N=c2s/c(=C\c3ccc(-c4cc(C)c(C)c([N+](=O)[O-])c4)o3)c(=O)n2C1c1ccc(F)cc1. The van der Waals surface area contributed by atoms with E-state index >= 15 is 0 Å². The molecule has 1 atom stereocenters. The molecule has 6 rings (SSSR count). The predicted molar refractivity (Wildman–Crippen MR) is 168 cm³/mol. The fourth-order valence-corrected chi connectivity index (χ4v) is 6.27. The molecule has 0 fully saturated rings. The monoisotopic (exact) mass is 623 g/mol. The van der Waals surface area contributed by atoms with Crippen LogP contribution in [-0.2, 0) is 9.53 Å². The van der Waals surface area contributed by atoms with Crippen LogP contribution in [0.15, 0.2) is 98.6 Å². The number of esters is 1. The van der Waals surface area contributed by atoms with Crippen LogP contribution < -0.4 is 14.9 Å². The van der Waals surface area contributed by atoms with Crippen molar-refractivity contribution in [1.82, 2.24) is 4.57 Å². The van der Waals surface area contributed by atoms with Gasteiger partial charge in [0, 0.05) is 28.8 Å². The number of nitrogens with zero attached hydrogens (tertiary/aromatic N) is 3. The second kappa shape index (κ2) is 11.9. The van der Waals surface area contributed by atoms with Gasteiger partial charge in [0.25, 0.3) is 11.2 Å². The van der Waals surface area contributed by atoms with E-state index in [2.05, 4.69) is 0 Å². The van der Waals surface area contributed by atoms with Crippen molar-refractivity contribution in [3.63, 3.8) is 0 Å². The number of ether oxygens (including phenoxy) is 1. The van der Waals surface area contributed by atoms with Gasteiger partial charge in [-0.2, -0.15) is 0 Å². The number of hydrogen-bond acceptors (Lipinski definition) is 8. The molecule has 3 heterocycles. The topological polar surface area (TPSA) is 117 Å². The summed E-state index contributed by atoms with van der Waals surface area (Å²) < 4.78 is 27.1. The summed E-state index contributed by atoms with van der Waals surface area (Å²) in [6, 6.07) is 20.4. The minimum atomic E-state index is -0.943. The highest BCUT2D eigenvalue weighted by Gasteiger charge is 2.35. The zero-order valence-corrected chi connectivity index (χ0v) is 25.3. The van der Waals surface area contributed by atoms with Crippen molar-refractivity contribution in [2.45, 2.75) is 26.8 Å². The summed E-state index contributed by atoms with van der Waals surface area (Å²) in [5.74, 6) is -0.344. The van der Waals surface area contributed by atoms with Crippen LogP contribution in [0.4, 0.5) is 10.1 Å². The standard InChI is InChI=1S/C34H26FN3O6S/c1-4-43-33(40)29-30(21-8-6-5-7-9-21)36-34-37(31(29)22-10-12-24(35)13-11-22)32(39)28(45-34)18-25-14-15-27(44-25)23-16-19(2)20(3)26(17-23)38(41)42/h5-18,31H,4H2,1-3H3/b28-18-. The number of rotatable bonds is 7. The van der Waals surface area contributed by atoms with Crippen molar-refractivity contribution in [2.24, 2.45) is 4.99 Å². The Hall–Kier alpha value is -5.42. The van der Waals surface area contributed by atoms with Gasteiger partial charge in [-0.15, -0.1) is 0 Å². The molecule has 1 unspecified atom stereocenters. The van der Waals surface area contributed by atoms with E-state index in [9.17, 15) is 24.1 Å². The molecule has 0 amide bonds. The molecule has 0 aliphatic carbocycles. The largest absolute Gasteiger partial charge is 0.463 e. The smallest absolute Gasteiger partial charge is 0.338 e. The van der Waals surface area contributed by atoms with Crippen molar-refractivity contribution in [3.05, 3.63) is 148 Å². The summed E-state index contributed by atoms with van der Waals surface area (Å²) >= 11 is 1.12. The summed E-state index contributed by atoms with van der Waals surface area (Å²) in [4.78, 5) is 43.8. The first-order chi connectivity index (χ1) is 21.7. The summed E-state index contributed by atoms with van der Waals surface area (Å²) in [6.45, 7) is 5.29. The molecule has 226 valence electrons. The Morgan fingerprint density at radius 3 is 2.51 bits per heavy atom. The molecule has 0 radical (unpaired) electrons. The van der Waals surface area contributed by atoms with Crippen molar-refractivity contribution in [2.75, 3.05) is 6.61 Å². The zero-order chi connectivity index (χ0) is 31.8. The van der Waals surface area contributed by atoms with Gasteiger partial charge in [-0.1, -0.05) is 53.8 Å². The van der Waals surface area contributed by atoms with Crippen LogP contribution in [0.5, 0.6) is 0 Å². The highest BCUT2D eigenvalue weighted by Crippen LogP contribution is 2.35. The maximum atomic E-state index is 14.0. The number of halogens is 1. The summed E-state index contributed by atoms with van der Waals surface area (Å²) in [5.41, 5.74) is 3.09. The van der Waals surface area contributed by atoms with Gasteiger partial charge >= 0.3 is 5.97 Å². The van der Waals surface area contributed by atoms with Crippen LogP contribution in [0.3, 0.4) is 0 Å². The number of fused-ring (bicyclic) bond motifs is 1. The maximum absolute atomic E-state index is 14.0. The Morgan fingerprint density at radius 2 is 1.82 bits per heavy atom. The van der Waals surface area contributed by atoms with E-state index in [0.717, 1.165) is 16.9 Å². The Balaban J connectivity index is 1.53. The first kappa shape index (κ1) is 29.6. The first-order valence-corrected chi connectivity index (χ1v) is 14.9. The summed E-state index contributed by atoms with van der Waals surface area (Å²) in [7, 11) is 0. The van der Waals surface area contributed by atoms with Crippen molar-refractivity contribution >= 4 is 34.8 Å². The van der Waals surface area contributed by atoms with E-state index in [0.29, 0.717) is 44.3 Å². The molecule has 0 spiro atoms. The van der Waals surface area contributed by atoms with Gasteiger partial charge in [0.15, 0.2) is 4.80 Å². The number of nitro groups is 1. The quantitative estimate of drug-likeness (QED) is 0.127. The number of furan rings is 1. The van der Waals surface area contributed by atoms with E-state index < -0.39 is 28.3 Å². The molecule has 5 aromatic rings. The molecular weight excluding hydrogens is 597 g/mol. The molecule has 0 N–H and O–H groups in total. The third-order valence-electron chi connectivity index (χ3n) is 7.58. The predicted octanol–water partition coefficient (Wildman–Crippen LogP) is 5.86. The van der Waals surface area contributed by atoms with Gasteiger partial charge in [0.2, 0.25) is 0 Å². The van der Waals surface area contributed by atoms with E-state index in [1.807, 2.05) is 36.4 Å². The molecule has 1 aliphatic rings. The third-order valence-corrected chi connectivity index (χ3v) is 8.56. The molecule has 1 aliphatic heterocycles.